The lowest BCUT2D eigenvalue weighted by Gasteiger charge is -2.09. The summed E-state index contributed by atoms with van der Waals surface area (Å²) in [5.74, 6) is -0.0549. The van der Waals surface area contributed by atoms with E-state index in [9.17, 15) is 4.79 Å². The van der Waals surface area contributed by atoms with Crippen LogP contribution in [-0.4, -0.2) is 15.9 Å². The normalized spacial score (nSPS) is 16.6. The van der Waals surface area contributed by atoms with Gasteiger partial charge in [-0.05, 0) is 17.7 Å². The van der Waals surface area contributed by atoms with Gasteiger partial charge in [-0.3, -0.25) is 9.78 Å². The van der Waals surface area contributed by atoms with E-state index in [1.165, 1.54) is 0 Å². The summed E-state index contributed by atoms with van der Waals surface area (Å²) in [6.45, 7) is 0. The maximum absolute atomic E-state index is 12.3. The van der Waals surface area contributed by atoms with Crippen molar-refractivity contribution in [2.24, 2.45) is 0 Å². The van der Waals surface area contributed by atoms with Crippen LogP contribution in [0.5, 0.6) is 0 Å². The number of rotatable bonds is 2. The first-order valence-corrected chi connectivity index (χ1v) is 6.83. The fourth-order valence-corrected chi connectivity index (χ4v) is 2.80. The van der Waals surface area contributed by atoms with E-state index in [-0.39, 0.29) is 11.9 Å². The molecule has 3 aromatic rings. The Morgan fingerprint density at radius 3 is 2.57 bits per heavy atom. The first kappa shape index (κ1) is 11.9. The summed E-state index contributed by atoms with van der Waals surface area (Å²) in [5.41, 5.74) is 4.40. The first-order chi connectivity index (χ1) is 10.3. The Hall–Kier alpha value is -2.88. The Morgan fingerprint density at radius 2 is 1.81 bits per heavy atom. The van der Waals surface area contributed by atoms with E-state index >= 15 is 0 Å². The average Bonchev–Trinajstić information content (AvgIpc) is 3.11. The zero-order valence-corrected chi connectivity index (χ0v) is 11.2. The molecule has 1 aliphatic heterocycles. The molecule has 0 aliphatic carbocycles. The van der Waals surface area contributed by atoms with Gasteiger partial charge >= 0.3 is 0 Å². The molecule has 0 fully saturated rings. The molecular formula is C17H13N3O. The first-order valence-electron chi connectivity index (χ1n) is 6.83. The molecule has 3 heterocycles. The lowest BCUT2D eigenvalue weighted by atomic mass is 10.0. The highest BCUT2D eigenvalue weighted by atomic mass is 16.2. The predicted octanol–water partition coefficient (Wildman–Crippen LogP) is 2.91. The van der Waals surface area contributed by atoms with Crippen molar-refractivity contribution >= 4 is 5.91 Å². The molecule has 2 N–H and O–H groups in total. The number of H-pyrrole nitrogens is 1. The number of hydrogen-bond acceptors (Lipinski definition) is 2. The van der Waals surface area contributed by atoms with Crippen molar-refractivity contribution in [3.63, 3.8) is 0 Å². The van der Waals surface area contributed by atoms with E-state index in [0.717, 1.165) is 28.1 Å². The molecule has 0 saturated carbocycles. The molecule has 0 saturated heterocycles. The molecule has 0 bridgehead atoms. The second kappa shape index (κ2) is 4.59. The van der Waals surface area contributed by atoms with Gasteiger partial charge in [-0.1, -0.05) is 36.4 Å². The minimum Gasteiger partial charge on any atom is -0.360 e. The van der Waals surface area contributed by atoms with E-state index in [2.05, 4.69) is 15.3 Å². The number of hydrogen-bond donors (Lipinski definition) is 2. The number of fused-ring (bicyclic) bond motifs is 1. The van der Waals surface area contributed by atoms with Gasteiger partial charge in [0.05, 0.1) is 23.0 Å². The van der Waals surface area contributed by atoms with Crippen LogP contribution in [0.1, 0.15) is 27.7 Å². The Bertz CT molecular complexity index is 793. The minimum atomic E-state index is -0.178. The second-order valence-corrected chi connectivity index (χ2v) is 5.02. The number of benzene rings is 1. The highest BCUT2D eigenvalue weighted by Crippen LogP contribution is 2.35. The molecule has 4 nitrogen and oxygen atoms in total. The Morgan fingerprint density at radius 1 is 1.00 bits per heavy atom. The third-order valence-corrected chi connectivity index (χ3v) is 3.77. The number of nitrogens with zero attached hydrogens (tertiary/aromatic N) is 1. The Balaban J connectivity index is 1.83. The van der Waals surface area contributed by atoms with E-state index in [1.54, 1.807) is 6.20 Å². The van der Waals surface area contributed by atoms with Gasteiger partial charge in [0.15, 0.2) is 0 Å². The van der Waals surface area contributed by atoms with Gasteiger partial charge in [0.1, 0.15) is 0 Å². The van der Waals surface area contributed by atoms with Crippen LogP contribution in [0, 0.1) is 0 Å². The molecule has 4 rings (SSSR count). The van der Waals surface area contributed by atoms with Gasteiger partial charge in [0.25, 0.3) is 5.91 Å². The molecule has 1 aliphatic rings. The van der Waals surface area contributed by atoms with Crippen molar-refractivity contribution in [3.8, 4) is 11.3 Å². The number of aromatic amines is 1. The van der Waals surface area contributed by atoms with Crippen molar-refractivity contribution in [1.29, 1.82) is 0 Å². The number of aromatic nitrogens is 2. The van der Waals surface area contributed by atoms with E-state index < -0.39 is 0 Å². The maximum Gasteiger partial charge on any atom is 0.254 e. The molecule has 0 radical (unpaired) electrons. The van der Waals surface area contributed by atoms with Gasteiger partial charge in [-0.25, -0.2) is 0 Å². The van der Waals surface area contributed by atoms with E-state index in [1.807, 2.05) is 54.7 Å². The Labute approximate surface area is 121 Å². The van der Waals surface area contributed by atoms with Crippen LogP contribution in [0.3, 0.4) is 0 Å². The van der Waals surface area contributed by atoms with Crippen LogP contribution in [0.15, 0.2) is 60.9 Å². The summed E-state index contributed by atoms with van der Waals surface area (Å²) in [5, 5.41) is 3.00. The van der Waals surface area contributed by atoms with Crippen molar-refractivity contribution < 1.29 is 4.79 Å². The highest BCUT2D eigenvalue weighted by molar-refractivity contribution is 6.05. The highest BCUT2D eigenvalue weighted by Gasteiger charge is 2.34. The summed E-state index contributed by atoms with van der Waals surface area (Å²) in [7, 11) is 0. The zero-order chi connectivity index (χ0) is 14.2. The molecule has 21 heavy (non-hydrogen) atoms. The van der Waals surface area contributed by atoms with E-state index in [0.29, 0.717) is 0 Å². The number of nitrogens with one attached hydrogen (secondary N) is 2. The fourth-order valence-electron chi connectivity index (χ4n) is 2.80. The molecule has 4 heteroatoms. The summed E-state index contributed by atoms with van der Waals surface area (Å²) >= 11 is 0. The molecular weight excluding hydrogens is 262 g/mol. The molecule has 102 valence electrons. The fraction of sp³-hybridized carbons (Fsp3) is 0.0588. The lowest BCUT2D eigenvalue weighted by Crippen LogP contribution is -2.21. The molecule has 1 atom stereocenters. The molecule has 2 aromatic heterocycles. The van der Waals surface area contributed by atoms with Gasteiger partial charge in [-0.2, -0.15) is 0 Å². The van der Waals surface area contributed by atoms with Crippen LogP contribution < -0.4 is 5.32 Å². The Kier molecular flexibility index (Phi) is 2.60. The van der Waals surface area contributed by atoms with Crippen molar-refractivity contribution in [2.75, 3.05) is 0 Å². The predicted molar refractivity (Wildman–Crippen MR) is 79.8 cm³/mol. The number of pyridine rings is 1. The smallest absolute Gasteiger partial charge is 0.254 e. The summed E-state index contributed by atoms with van der Waals surface area (Å²) in [4.78, 5) is 19.9. The maximum atomic E-state index is 12.3. The van der Waals surface area contributed by atoms with Crippen molar-refractivity contribution in [2.45, 2.75) is 6.04 Å². The summed E-state index contributed by atoms with van der Waals surface area (Å²) in [6.07, 6.45) is 3.64. The van der Waals surface area contributed by atoms with E-state index in [4.69, 9.17) is 0 Å². The number of carbonyl (C=O) groups is 1. The second-order valence-electron chi connectivity index (χ2n) is 5.02. The molecule has 1 aromatic carbocycles. The van der Waals surface area contributed by atoms with Gasteiger partial charge in [0, 0.05) is 18.0 Å². The van der Waals surface area contributed by atoms with Crippen LogP contribution in [0.4, 0.5) is 0 Å². The van der Waals surface area contributed by atoms with Gasteiger partial charge < -0.3 is 10.3 Å². The molecule has 1 unspecified atom stereocenters. The third kappa shape index (κ3) is 1.84. The third-order valence-electron chi connectivity index (χ3n) is 3.77. The molecule has 1 amide bonds. The van der Waals surface area contributed by atoms with Gasteiger partial charge in [-0.15, -0.1) is 0 Å². The largest absolute Gasteiger partial charge is 0.360 e. The van der Waals surface area contributed by atoms with Crippen molar-refractivity contribution in [3.05, 3.63) is 77.7 Å². The SMILES string of the molecule is O=C1NC(c2ccccn2)c2c[nH]c(-c3ccccc3)c21. The van der Waals surface area contributed by atoms with Crippen LogP contribution in [0.2, 0.25) is 0 Å². The van der Waals surface area contributed by atoms with Gasteiger partial charge in [0.2, 0.25) is 0 Å². The quantitative estimate of drug-likeness (QED) is 0.755. The zero-order valence-electron chi connectivity index (χ0n) is 11.2. The number of carbonyl (C=O) groups excluding carboxylic acids is 1. The van der Waals surface area contributed by atoms with Crippen LogP contribution in [-0.2, 0) is 0 Å². The van der Waals surface area contributed by atoms with Crippen molar-refractivity contribution in [1.82, 2.24) is 15.3 Å². The number of amides is 1. The van der Waals surface area contributed by atoms with Crippen LogP contribution in [0.25, 0.3) is 11.3 Å². The minimum absolute atomic E-state index is 0.0549. The van der Waals surface area contributed by atoms with Crippen LogP contribution >= 0.6 is 0 Å². The standard InChI is InChI=1S/C17H13N3O/c21-17-14-12(16(20-17)13-8-4-5-9-18-13)10-19-15(14)11-6-2-1-3-7-11/h1-10,16,19H,(H,20,21). The summed E-state index contributed by atoms with van der Waals surface area (Å²) < 4.78 is 0. The molecule has 0 spiro atoms. The lowest BCUT2D eigenvalue weighted by molar-refractivity contribution is 0.0960. The monoisotopic (exact) mass is 275 g/mol. The average molecular weight is 275 g/mol. The topological polar surface area (TPSA) is 57.8 Å². The summed E-state index contributed by atoms with van der Waals surface area (Å²) in [6, 6.07) is 15.4.